The molecule has 32 heavy (non-hydrogen) atoms. The Bertz CT molecular complexity index is 809. The van der Waals surface area contributed by atoms with E-state index in [9.17, 15) is 5.11 Å². The third-order valence-electron chi connectivity index (χ3n) is 13.5. The van der Waals surface area contributed by atoms with E-state index in [-0.39, 0.29) is 11.5 Å². The van der Waals surface area contributed by atoms with Crippen molar-refractivity contribution in [1.82, 2.24) is 0 Å². The molecule has 0 bridgehead atoms. The van der Waals surface area contributed by atoms with Crippen LogP contribution in [0.25, 0.3) is 0 Å². The molecule has 0 amide bonds. The minimum absolute atomic E-state index is 0.0488. The van der Waals surface area contributed by atoms with E-state index in [4.69, 9.17) is 0 Å². The Labute approximate surface area is 198 Å². The van der Waals surface area contributed by atoms with Crippen molar-refractivity contribution in [2.45, 2.75) is 112 Å². The van der Waals surface area contributed by atoms with Crippen LogP contribution in [-0.4, -0.2) is 11.2 Å². The van der Waals surface area contributed by atoms with Gasteiger partial charge in [-0.15, -0.1) is 6.58 Å². The van der Waals surface area contributed by atoms with Crippen molar-refractivity contribution in [1.29, 1.82) is 0 Å². The molecule has 180 valence electrons. The number of hydrogen-bond donors (Lipinski definition) is 1. The van der Waals surface area contributed by atoms with Crippen LogP contribution in [0, 0.1) is 56.7 Å². The van der Waals surface area contributed by atoms with Crippen LogP contribution >= 0.6 is 0 Å². The Hall–Kier alpha value is -0.560. The third kappa shape index (κ3) is 2.61. The minimum Gasteiger partial charge on any atom is -0.393 e. The highest BCUT2D eigenvalue weighted by molar-refractivity contribution is 5.23. The molecule has 1 nitrogen and oxygen atoms in total. The Balaban J connectivity index is 1.56. The standard InChI is InChI=1S/C31H50O/c1-9-31-17-12-21(20(2)3)26(31)22-10-11-24-28(6)15-14-25(32)27(4,5)23(28)13-16-30(24,8)29(22,7)18-19-31/h9,21-26,32H,1-2,10-19H2,3-8H3/t21-,22?,23?,24?,25+,26?,28-,29+,30+,31+/m0/s1. The van der Waals surface area contributed by atoms with E-state index in [0.717, 1.165) is 24.2 Å². The molecule has 0 radical (unpaired) electrons. The van der Waals surface area contributed by atoms with Crippen LogP contribution in [-0.2, 0) is 0 Å². The first-order valence-corrected chi connectivity index (χ1v) is 13.8. The summed E-state index contributed by atoms with van der Waals surface area (Å²) in [4.78, 5) is 0. The van der Waals surface area contributed by atoms with Gasteiger partial charge >= 0.3 is 0 Å². The van der Waals surface area contributed by atoms with Crippen LogP contribution in [0.4, 0.5) is 0 Å². The number of fused-ring (bicyclic) bond motifs is 7. The van der Waals surface area contributed by atoms with E-state index < -0.39 is 0 Å². The van der Waals surface area contributed by atoms with Crippen LogP contribution in [0.2, 0.25) is 0 Å². The van der Waals surface area contributed by atoms with E-state index in [0.29, 0.717) is 33.5 Å². The predicted molar refractivity (Wildman–Crippen MR) is 135 cm³/mol. The molecule has 5 rings (SSSR count). The molecule has 0 heterocycles. The summed E-state index contributed by atoms with van der Waals surface area (Å²) >= 11 is 0. The molecule has 0 aromatic heterocycles. The highest BCUT2D eigenvalue weighted by atomic mass is 16.3. The number of aliphatic hydroxyl groups is 1. The lowest BCUT2D eigenvalue weighted by Crippen LogP contribution is -2.66. The second-order valence-corrected chi connectivity index (χ2v) is 14.5. The van der Waals surface area contributed by atoms with Gasteiger partial charge in [0.25, 0.3) is 0 Å². The second-order valence-electron chi connectivity index (χ2n) is 14.5. The summed E-state index contributed by atoms with van der Waals surface area (Å²) in [6, 6.07) is 0. The number of aliphatic hydroxyl groups excluding tert-OH is 1. The molecule has 5 aliphatic carbocycles. The average molecular weight is 439 g/mol. The van der Waals surface area contributed by atoms with Gasteiger partial charge in [-0.1, -0.05) is 52.8 Å². The fourth-order valence-electron chi connectivity index (χ4n) is 11.5. The molecule has 1 heteroatoms. The Morgan fingerprint density at radius 3 is 2.19 bits per heavy atom. The first-order valence-electron chi connectivity index (χ1n) is 13.8. The quantitative estimate of drug-likeness (QED) is 0.431. The highest BCUT2D eigenvalue weighted by Crippen LogP contribution is 2.77. The van der Waals surface area contributed by atoms with Gasteiger partial charge in [-0.25, -0.2) is 0 Å². The Morgan fingerprint density at radius 1 is 0.812 bits per heavy atom. The van der Waals surface area contributed by atoms with E-state index in [1.165, 1.54) is 63.4 Å². The van der Waals surface area contributed by atoms with Crippen molar-refractivity contribution < 1.29 is 5.11 Å². The number of rotatable bonds is 2. The number of hydrogen-bond acceptors (Lipinski definition) is 1. The van der Waals surface area contributed by atoms with E-state index in [1.54, 1.807) is 0 Å². The molecular weight excluding hydrogens is 388 g/mol. The molecule has 5 aliphatic rings. The summed E-state index contributed by atoms with van der Waals surface area (Å²) in [7, 11) is 0. The summed E-state index contributed by atoms with van der Waals surface area (Å²) < 4.78 is 0. The molecule has 10 atom stereocenters. The van der Waals surface area contributed by atoms with Crippen LogP contribution in [0.1, 0.15) is 106 Å². The average Bonchev–Trinajstić information content (AvgIpc) is 3.12. The molecule has 0 aromatic carbocycles. The lowest BCUT2D eigenvalue weighted by Gasteiger charge is -2.73. The molecule has 0 aromatic rings. The first kappa shape index (κ1) is 23.2. The van der Waals surface area contributed by atoms with Crippen molar-refractivity contribution in [3.05, 3.63) is 24.8 Å². The van der Waals surface area contributed by atoms with Gasteiger partial charge in [-0.2, -0.15) is 0 Å². The third-order valence-corrected chi connectivity index (χ3v) is 13.5. The number of allylic oxidation sites excluding steroid dienone is 2. The normalized spacial score (nSPS) is 56.3. The Morgan fingerprint density at radius 2 is 1.53 bits per heavy atom. The smallest absolute Gasteiger partial charge is 0.0594 e. The zero-order valence-electron chi connectivity index (χ0n) is 22.0. The van der Waals surface area contributed by atoms with Crippen LogP contribution < -0.4 is 0 Å². The van der Waals surface area contributed by atoms with Crippen molar-refractivity contribution >= 4 is 0 Å². The van der Waals surface area contributed by atoms with Gasteiger partial charge in [0, 0.05) is 0 Å². The topological polar surface area (TPSA) is 20.2 Å². The molecule has 1 N–H and O–H groups in total. The monoisotopic (exact) mass is 438 g/mol. The minimum atomic E-state index is -0.130. The van der Waals surface area contributed by atoms with Crippen LogP contribution in [0.15, 0.2) is 24.8 Å². The molecule has 5 saturated carbocycles. The van der Waals surface area contributed by atoms with Gasteiger partial charge in [0.2, 0.25) is 0 Å². The van der Waals surface area contributed by atoms with Crippen LogP contribution in [0.3, 0.4) is 0 Å². The lowest BCUT2D eigenvalue weighted by atomic mass is 9.32. The summed E-state index contributed by atoms with van der Waals surface area (Å²) in [6.07, 6.45) is 15.3. The lowest BCUT2D eigenvalue weighted by molar-refractivity contribution is -0.244. The summed E-state index contributed by atoms with van der Waals surface area (Å²) in [5, 5.41) is 10.9. The highest BCUT2D eigenvalue weighted by Gasteiger charge is 2.70. The van der Waals surface area contributed by atoms with Crippen molar-refractivity contribution in [2.24, 2.45) is 56.7 Å². The molecule has 4 unspecified atom stereocenters. The maximum atomic E-state index is 10.9. The van der Waals surface area contributed by atoms with Crippen LogP contribution in [0.5, 0.6) is 0 Å². The molecule has 0 spiro atoms. The molecule has 0 aliphatic heterocycles. The van der Waals surface area contributed by atoms with Gasteiger partial charge in [-0.05, 0) is 128 Å². The fourth-order valence-corrected chi connectivity index (χ4v) is 11.5. The summed E-state index contributed by atoms with van der Waals surface area (Å²) in [6.45, 7) is 24.0. The first-order chi connectivity index (χ1) is 14.9. The zero-order valence-corrected chi connectivity index (χ0v) is 22.0. The summed E-state index contributed by atoms with van der Waals surface area (Å²) in [5.41, 5.74) is 3.03. The molecule has 0 saturated heterocycles. The Kier molecular flexibility index (Phi) is 5.07. The maximum absolute atomic E-state index is 10.9. The van der Waals surface area contributed by atoms with Gasteiger partial charge in [0.05, 0.1) is 6.10 Å². The maximum Gasteiger partial charge on any atom is 0.0594 e. The van der Waals surface area contributed by atoms with Gasteiger partial charge < -0.3 is 5.11 Å². The SMILES string of the molecule is C=C[C@]12CC[C@@H](C(=C)C)C1C1CCC3[C@@]4(C)CC[C@@H](O)C(C)(C)C4CC[C@@]3(C)[C@]1(C)CC2. The van der Waals surface area contributed by atoms with Crippen molar-refractivity contribution in [3.63, 3.8) is 0 Å². The van der Waals surface area contributed by atoms with E-state index >= 15 is 0 Å². The largest absolute Gasteiger partial charge is 0.393 e. The van der Waals surface area contributed by atoms with Gasteiger partial charge in [-0.3, -0.25) is 0 Å². The summed E-state index contributed by atoms with van der Waals surface area (Å²) in [5.74, 6) is 3.70. The van der Waals surface area contributed by atoms with Gasteiger partial charge in [0.15, 0.2) is 0 Å². The van der Waals surface area contributed by atoms with Crippen molar-refractivity contribution in [2.75, 3.05) is 0 Å². The van der Waals surface area contributed by atoms with E-state index in [1.807, 2.05) is 0 Å². The van der Waals surface area contributed by atoms with E-state index in [2.05, 4.69) is 60.8 Å². The molecule has 5 fully saturated rings. The zero-order chi connectivity index (χ0) is 23.3. The van der Waals surface area contributed by atoms with Gasteiger partial charge in [0.1, 0.15) is 0 Å². The second kappa shape index (κ2) is 6.99. The fraction of sp³-hybridized carbons (Fsp3) is 0.871. The van der Waals surface area contributed by atoms with Crippen molar-refractivity contribution in [3.8, 4) is 0 Å². The predicted octanol–water partition coefficient (Wildman–Crippen LogP) is 8.19. The molecular formula is C31H50O.